The van der Waals surface area contributed by atoms with Crippen molar-refractivity contribution in [3.63, 3.8) is 0 Å². The fourth-order valence-corrected chi connectivity index (χ4v) is 4.01. The van der Waals surface area contributed by atoms with Crippen molar-refractivity contribution in [1.82, 2.24) is 19.9 Å². The Hall–Kier alpha value is -1.81. The maximum Gasteiger partial charge on any atom is 0.131 e. The van der Waals surface area contributed by atoms with E-state index in [9.17, 15) is 0 Å². The lowest BCUT2D eigenvalue weighted by atomic mass is 9.88. The molecule has 3 heterocycles. The third kappa shape index (κ3) is 3.34. The summed E-state index contributed by atoms with van der Waals surface area (Å²) in [6.07, 6.45) is 11.6. The van der Waals surface area contributed by atoms with Crippen LogP contribution in [0, 0.1) is 6.92 Å². The Kier molecular flexibility index (Phi) is 4.56. The minimum Gasteiger partial charge on any atom is -0.294 e. The summed E-state index contributed by atoms with van der Waals surface area (Å²) in [5, 5.41) is 0. The second-order valence-corrected chi connectivity index (χ2v) is 7.24. The summed E-state index contributed by atoms with van der Waals surface area (Å²) in [5.41, 5.74) is 5.04. The van der Waals surface area contributed by atoms with Crippen molar-refractivity contribution in [3.05, 3.63) is 52.9 Å². The van der Waals surface area contributed by atoms with Gasteiger partial charge in [0.1, 0.15) is 5.82 Å². The molecule has 0 N–H and O–H groups in total. The van der Waals surface area contributed by atoms with Crippen LogP contribution in [0.5, 0.6) is 0 Å². The smallest absolute Gasteiger partial charge is 0.131 e. The van der Waals surface area contributed by atoms with Crippen LogP contribution in [0.25, 0.3) is 0 Å². The average Bonchev–Trinajstić information content (AvgIpc) is 2.64. The van der Waals surface area contributed by atoms with E-state index >= 15 is 0 Å². The minimum absolute atomic E-state index is 0.597. The summed E-state index contributed by atoms with van der Waals surface area (Å²) in [4.78, 5) is 16.6. The van der Waals surface area contributed by atoms with Gasteiger partial charge in [0.05, 0.1) is 0 Å². The summed E-state index contributed by atoms with van der Waals surface area (Å²) in [7, 11) is 0. The van der Waals surface area contributed by atoms with E-state index < -0.39 is 0 Å². The highest BCUT2D eigenvalue weighted by Gasteiger charge is 2.22. The number of rotatable bonds is 3. The van der Waals surface area contributed by atoms with Crippen LogP contribution in [0.3, 0.4) is 0 Å². The van der Waals surface area contributed by atoms with Crippen molar-refractivity contribution < 1.29 is 0 Å². The zero-order valence-electron chi connectivity index (χ0n) is 14.5. The molecule has 0 radical (unpaired) electrons. The Morgan fingerprint density at radius 3 is 2.88 bits per heavy atom. The van der Waals surface area contributed by atoms with Gasteiger partial charge in [-0.15, -0.1) is 0 Å². The van der Waals surface area contributed by atoms with Gasteiger partial charge in [-0.3, -0.25) is 9.88 Å². The molecular weight excluding hydrogens is 296 g/mol. The van der Waals surface area contributed by atoms with Crippen molar-refractivity contribution >= 4 is 0 Å². The van der Waals surface area contributed by atoms with Gasteiger partial charge in [-0.2, -0.15) is 0 Å². The second-order valence-electron chi connectivity index (χ2n) is 7.24. The molecule has 4 rings (SSSR count). The van der Waals surface area contributed by atoms with Gasteiger partial charge in [0.25, 0.3) is 0 Å². The molecule has 0 amide bonds. The topological polar surface area (TPSA) is 41.9 Å². The van der Waals surface area contributed by atoms with E-state index in [4.69, 9.17) is 9.97 Å². The molecule has 0 atom stereocenters. The Labute approximate surface area is 144 Å². The van der Waals surface area contributed by atoms with Gasteiger partial charge in [0.15, 0.2) is 0 Å². The largest absolute Gasteiger partial charge is 0.294 e. The molecule has 2 aliphatic rings. The predicted octanol–water partition coefficient (Wildman–Crippen LogP) is 3.79. The van der Waals surface area contributed by atoms with E-state index in [0.717, 1.165) is 37.6 Å². The number of aromatic nitrogens is 3. The molecule has 0 bridgehead atoms. The Morgan fingerprint density at radius 1 is 1.17 bits per heavy atom. The fraction of sp³-hybridized carbons (Fsp3) is 0.550. The maximum absolute atomic E-state index is 4.95. The van der Waals surface area contributed by atoms with Gasteiger partial charge >= 0.3 is 0 Å². The standard InChI is InChI=1S/C20H26N4/c1-15-17(8-5-10-21-15)13-24-11-9-19-18(14-24)12-22-20(23-19)16-6-3-2-4-7-16/h5,8,10,12,16H,2-4,6-7,9,11,13-14H2,1H3. The van der Waals surface area contributed by atoms with Gasteiger partial charge in [0.2, 0.25) is 0 Å². The molecule has 126 valence electrons. The predicted molar refractivity (Wildman–Crippen MR) is 94.7 cm³/mol. The molecule has 4 nitrogen and oxygen atoms in total. The SMILES string of the molecule is Cc1ncccc1CN1CCc2nc(C3CCCCC3)ncc2C1. The van der Waals surface area contributed by atoms with E-state index in [2.05, 4.69) is 29.1 Å². The van der Waals surface area contributed by atoms with Gasteiger partial charge in [-0.25, -0.2) is 9.97 Å². The van der Waals surface area contributed by atoms with Gasteiger partial charge in [0, 0.05) is 61.3 Å². The highest BCUT2D eigenvalue weighted by atomic mass is 15.1. The normalized spacial score (nSPS) is 19.2. The lowest BCUT2D eigenvalue weighted by molar-refractivity contribution is 0.241. The van der Waals surface area contributed by atoms with Crippen LogP contribution in [0.15, 0.2) is 24.5 Å². The number of fused-ring (bicyclic) bond motifs is 1. The first-order valence-corrected chi connectivity index (χ1v) is 9.27. The highest BCUT2D eigenvalue weighted by Crippen LogP contribution is 2.31. The number of aryl methyl sites for hydroxylation is 1. The second kappa shape index (κ2) is 6.98. The number of pyridine rings is 1. The summed E-state index contributed by atoms with van der Waals surface area (Å²) in [6, 6.07) is 4.21. The van der Waals surface area contributed by atoms with E-state index in [1.165, 1.54) is 48.9 Å². The lowest BCUT2D eigenvalue weighted by Gasteiger charge is -2.29. The van der Waals surface area contributed by atoms with Crippen LogP contribution < -0.4 is 0 Å². The zero-order valence-corrected chi connectivity index (χ0v) is 14.5. The molecule has 1 aliphatic heterocycles. The molecule has 1 saturated carbocycles. The van der Waals surface area contributed by atoms with Gasteiger partial charge in [-0.05, 0) is 31.4 Å². The van der Waals surface area contributed by atoms with Gasteiger partial charge < -0.3 is 0 Å². The first kappa shape index (κ1) is 15.7. The summed E-state index contributed by atoms with van der Waals surface area (Å²) in [5.74, 6) is 1.70. The molecule has 1 fully saturated rings. The maximum atomic E-state index is 4.95. The Morgan fingerprint density at radius 2 is 2.04 bits per heavy atom. The molecule has 24 heavy (non-hydrogen) atoms. The van der Waals surface area contributed by atoms with E-state index in [-0.39, 0.29) is 0 Å². The number of hydrogen-bond donors (Lipinski definition) is 0. The number of nitrogens with zero attached hydrogens (tertiary/aromatic N) is 4. The molecule has 0 spiro atoms. The number of hydrogen-bond acceptors (Lipinski definition) is 4. The van der Waals surface area contributed by atoms with Crippen LogP contribution >= 0.6 is 0 Å². The van der Waals surface area contributed by atoms with Crippen LogP contribution in [0.4, 0.5) is 0 Å². The van der Waals surface area contributed by atoms with Crippen molar-refractivity contribution in [2.24, 2.45) is 0 Å². The highest BCUT2D eigenvalue weighted by molar-refractivity contribution is 5.23. The van der Waals surface area contributed by atoms with Crippen molar-refractivity contribution in [1.29, 1.82) is 0 Å². The van der Waals surface area contributed by atoms with Crippen LogP contribution in [0.2, 0.25) is 0 Å². The average molecular weight is 322 g/mol. The molecule has 0 unspecified atom stereocenters. The van der Waals surface area contributed by atoms with Crippen LogP contribution in [-0.4, -0.2) is 26.4 Å². The van der Waals surface area contributed by atoms with E-state index in [1.807, 2.05) is 12.3 Å². The van der Waals surface area contributed by atoms with Crippen molar-refractivity contribution in [3.8, 4) is 0 Å². The van der Waals surface area contributed by atoms with Gasteiger partial charge in [-0.1, -0.05) is 25.3 Å². The molecule has 2 aromatic heterocycles. The molecular formula is C20H26N4. The monoisotopic (exact) mass is 322 g/mol. The molecule has 2 aromatic rings. The summed E-state index contributed by atoms with van der Waals surface area (Å²) < 4.78 is 0. The molecule has 4 heteroatoms. The Bertz CT molecular complexity index is 707. The van der Waals surface area contributed by atoms with Crippen LogP contribution in [0.1, 0.15) is 66.4 Å². The van der Waals surface area contributed by atoms with E-state index in [0.29, 0.717) is 5.92 Å². The Balaban J connectivity index is 1.46. The molecule has 0 saturated heterocycles. The fourth-order valence-electron chi connectivity index (χ4n) is 4.01. The quantitative estimate of drug-likeness (QED) is 0.862. The first-order chi connectivity index (χ1) is 11.8. The first-order valence-electron chi connectivity index (χ1n) is 9.27. The third-order valence-corrected chi connectivity index (χ3v) is 5.51. The van der Waals surface area contributed by atoms with Crippen molar-refractivity contribution in [2.45, 2.75) is 64.5 Å². The molecule has 0 aromatic carbocycles. The van der Waals surface area contributed by atoms with Crippen LogP contribution in [-0.2, 0) is 19.5 Å². The summed E-state index contributed by atoms with van der Waals surface area (Å²) >= 11 is 0. The van der Waals surface area contributed by atoms with Crippen molar-refractivity contribution in [2.75, 3.05) is 6.54 Å². The third-order valence-electron chi connectivity index (χ3n) is 5.51. The zero-order chi connectivity index (χ0) is 16.4. The van der Waals surface area contributed by atoms with E-state index in [1.54, 1.807) is 0 Å². The lowest BCUT2D eigenvalue weighted by Crippen LogP contribution is -2.31. The summed E-state index contributed by atoms with van der Waals surface area (Å²) in [6.45, 7) is 5.08. The minimum atomic E-state index is 0.597. The molecule has 1 aliphatic carbocycles.